The highest BCUT2D eigenvalue weighted by molar-refractivity contribution is 8.11. The second-order valence-corrected chi connectivity index (χ2v) is 11.5. The van der Waals surface area contributed by atoms with Gasteiger partial charge >= 0.3 is 0 Å². The van der Waals surface area contributed by atoms with Crippen LogP contribution in [0.4, 0.5) is 10.1 Å². The highest BCUT2D eigenvalue weighted by Crippen LogP contribution is 2.42. The summed E-state index contributed by atoms with van der Waals surface area (Å²) in [7, 11) is -0.701. The molecule has 0 bridgehead atoms. The maximum Gasteiger partial charge on any atom is 0.280 e. The van der Waals surface area contributed by atoms with Crippen molar-refractivity contribution in [3.8, 4) is 0 Å². The molecule has 1 aromatic carbocycles. The number of aromatic nitrogens is 2. The van der Waals surface area contributed by atoms with E-state index in [2.05, 4.69) is 21.2 Å². The minimum Gasteiger partial charge on any atom is -0.325 e. The van der Waals surface area contributed by atoms with Crippen LogP contribution in [0.5, 0.6) is 0 Å². The zero-order valence-corrected chi connectivity index (χ0v) is 21.3. The molecule has 34 heavy (non-hydrogen) atoms. The lowest BCUT2D eigenvalue weighted by molar-refractivity contribution is -0.120. The molecule has 1 saturated heterocycles. The van der Waals surface area contributed by atoms with E-state index >= 15 is 0 Å². The summed E-state index contributed by atoms with van der Waals surface area (Å²) in [5.74, 6) is -1.12. The summed E-state index contributed by atoms with van der Waals surface area (Å²) in [6.45, 7) is 1.99. The van der Waals surface area contributed by atoms with Crippen LogP contribution in [0.2, 0.25) is 5.02 Å². The molecule has 1 fully saturated rings. The van der Waals surface area contributed by atoms with Crippen molar-refractivity contribution in [2.45, 2.75) is 38.3 Å². The van der Waals surface area contributed by atoms with Crippen molar-refractivity contribution >= 4 is 50.1 Å². The van der Waals surface area contributed by atoms with Crippen LogP contribution in [0.15, 0.2) is 47.0 Å². The van der Waals surface area contributed by atoms with Gasteiger partial charge in [0.1, 0.15) is 11.9 Å². The lowest BCUT2D eigenvalue weighted by Crippen LogP contribution is -2.59. The SMILES string of the molecule is CC1=C(C2CC(C(=O)Nc3ccc(F)c(Cl)c3)N(C)S(=O)(=O)N2)SC(c2ccnn2C)=CCC1. The average molecular weight is 526 g/mol. The molecular weight excluding hydrogens is 501 g/mol. The van der Waals surface area contributed by atoms with Crippen molar-refractivity contribution in [1.82, 2.24) is 18.8 Å². The van der Waals surface area contributed by atoms with E-state index in [9.17, 15) is 17.6 Å². The van der Waals surface area contributed by atoms with Crippen molar-refractivity contribution in [3.63, 3.8) is 0 Å². The molecule has 2 aliphatic rings. The fraction of sp³-hybridized carbons (Fsp3) is 0.364. The first-order valence-electron chi connectivity index (χ1n) is 10.6. The van der Waals surface area contributed by atoms with Gasteiger partial charge in [-0.3, -0.25) is 9.48 Å². The summed E-state index contributed by atoms with van der Waals surface area (Å²) in [5, 5.41) is 6.77. The van der Waals surface area contributed by atoms with E-state index in [4.69, 9.17) is 11.6 Å². The third-order valence-corrected chi connectivity index (χ3v) is 9.27. The first-order valence-corrected chi connectivity index (χ1v) is 13.3. The minimum absolute atomic E-state index is 0.132. The zero-order valence-electron chi connectivity index (χ0n) is 18.9. The largest absolute Gasteiger partial charge is 0.325 e. The number of allylic oxidation sites excluding steroid dienone is 2. The van der Waals surface area contributed by atoms with Crippen LogP contribution in [-0.4, -0.2) is 47.5 Å². The topological polar surface area (TPSA) is 96.3 Å². The molecule has 2 unspecified atom stereocenters. The Bertz CT molecular complexity index is 1290. The summed E-state index contributed by atoms with van der Waals surface area (Å²) in [6, 6.07) is 4.19. The number of benzene rings is 1. The number of carbonyl (C=O) groups excluding carboxylic acids is 1. The number of aryl methyl sites for hydroxylation is 1. The average Bonchev–Trinajstić information content (AvgIpc) is 3.10. The predicted molar refractivity (Wildman–Crippen MR) is 133 cm³/mol. The summed E-state index contributed by atoms with van der Waals surface area (Å²) >= 11 is 7.32. The van der Waals surface area contributed by atoms with Gasteiger partial charge < -0.3 is 5.32 Å². The first kappa shape index (κ1) is 24.9. The molecule has 1 amide bonds. The number of hydrogen-bond acceptors (Lipinski definition) is 5. The molecule has 2 N–H and O–H groups in total. The lowest BCUT2D eigenvalue weighted by atomic mass is 10.0. The summed E-state index contributed by atoms with van der Waals surface area (Å²) in [5.41, 5.74) is 2.30. The van der Waals surface area contributed by atoms with Gasteiger partial charge in [0.05, 0.1) is 16.8 Å². The van der Waals surface area contributed by atoms with E-state index in [1.807, 2.05) is 20.0 Å². The summed E-state index contributed by atoms with van der Waals surface area (Å²) in [4.78, 5) is 15.0. The number of nitrogens with one attached hydrogen (secondary N) is 2. The molecule has 2 aromatic rings. The maximum absolute atomic E-state index is 13.5. The van der Waals surface area contributed by atoms with Crippen LogP contribution in [0.3, 0.4) is 0 Å². The number of thioether (sulfide) groups is 1. The number of nitrogens with zero attached hydrogens (tertiary/aromatic N) is 3. The number of rotatable bonds is 4. The van der Waals surface area contributed by atoms with Crippen molar-refractivity contribution in [1.29, 1.82) is 0 Å². The number of halogens is 2. The van der Waals surface area contributed by atoms with Crippen LogP contribution in [-0.2, 0) is 22.1 Å². The number of amides is 1. The maximum atomic E-state index is 13.5. The first-order chi connectivity index (χ1) is 16.1. The van der Waals surface area contributed by atoms with Gasteiger partial charge in [-0.25, -0.2) is 4.39 Å². The quantitative estimate of drug-likeness (QED) is 0.631. The molecule has 4 rings (SSSR count). The van der Waals surface area contributed by atoms with Gasteiger partial charge in [-0.15, -0.1) is 0 Å². The van der Waals surface area contributed by atoms with Crippen molar-refractivity contribution < 1.29 is 17.6 Å². The minimum atomic E-state index is -3.92. The summed E-state index contributed by atoms with van der Waals surface area (Å²) < 4.78 is 44.9. The van der Waals surface area contributed by atoms with E-state index in [-0.39, 0.29) is 17.1 Å². The monoisotopic (exact) mass is 525 g/mol. The standard InChI is InChI=1S/C22H25ClFN5O3S2/c1-13-5-4-6-20(18-9-10-25-28(18)2)33-21(13)17-12-19(29(3)34(31,32)27-17)22(30)26-14-7-8-16(24)15(23)11-14/h6-11,17,19,27H,4-5,12H2,1-3H3,(H,26,30). The molecule has 0 saturated carbocycles. The summed E-state index contributed by atoms with van der Waals surface area (Å²) in [6.07, 6.45) is 5.68. The molecule has 3 heterocycles. The Balaban J connectivity index is 1.60. The smallest absolute Gasteiger partial charge is 0.280 e. The zero-order chi connectivity index (χ0) is 24.6. The van der Waals surface area contributed by atoms with Gasteiger partial charge in [-0.05, 0) is 50.5 Å². The van der Waals surface area contributed by atoms with Gasteiger partial charge in [-0.2, -0.15) is 22.5 Å². The van der Waals surface area contributed by atoms with Crippen LogP contribution in [0, 0.1) is 5.82 Å². The van der Waals surface area contributed by atoms with Crippen molar-refractivity contribution in [2.24, 2.45) is 7.05 Å². The Morgan fingerprint density at radius 2 is 2.09 bits per heavy atom. The van der Waals surface area contributed by atoms with Gasteiger partial charge in [-0.1, -0.05) is 35.0 Å². The molecule has 182 valence electrons. The normalized spacial score (nSPS) is 23.4. The van der Waals surface area contributed by atoms with E-state index < -0.39 is 34.0 Å². The Hall–Kier alpha value is -2.18. The molecule has 2 atom stereocenters. The molecule has 12 heteroatoms. The van der Waals surface area contributed by atoms with Crippen LogP contribution < -0.4 is 10.0 Å². The number of likely N-dealkylation sites (N-methyl/N-ethyl adjacent to an activating group) is 1. The van der Waals surface area contributed by atoms with E-state index in [0.29, 0.717) is 0 Å². The molecule has 0 radical (unpaired) electrons. The Labute approximate surface area is 207 Å². The number of hydrogen-bond donors (Lipinski definition) is 2. The molecule has 8 nitrogen and oxygen atoms in total. The van der Waals surface area contributed by atoms with Crippen molar-refractivity contribution in [3.05, 3.63) is 63.6 Å². The predicted octanol–water partition coefficient (Wildman–Crippen LogP) is 3.90. The molecular formula is C22H25ClFN5O3S2. The fourth-order valence-corrected chi connectivity index (χ4v) is 6.84. The van der Waals surface area contributed by atoms with Crippen LogP contribution in [0.25, 0.3) is 4.91 Å². The van der Waals surface area contributed by atoms with Gasteiger partial charge in [0, 0.05) is 35.8 Å². The lowest BCUT2D eigenvalue weighted by Gasteiger charge is -2.37. The molecule has 0 spiro atoms. The van der Waals surface area contributed by atoms with Gasteiger partial charge in [0.25, 0.3) is 10.2 Å². The van der Waals surface area contributed by atoms with Gasteiger partial charge in [0.15, 0.2) is 0 Å². The van der Waals surface area contributed by atoms with Crippen LogP contribution >= 0.6 is 23.4 Å². The highest BCUT2D eigenvalue weighted by atomic mass is 35.5. The second kappa shape index (κ2) is 9.82. The molecule has 1 aromatic heterocycles. The number of anilines is 1. The Kier molecular flexibility index (Phi) is 7.20. The Morgan fingerprint density at radius 3 is 2.76 bits per heavy atom. The molecule has 0 aliphatic carbocycles. The second-order valence-electron chi connectivity index (χ2n) is 8.26. The highest BCUT2D eigenvalue weighted by Gasteiger charge is 2.42. The van der Waals surface area contributed by atoms with Crippen molar-refractivity contribution in [2.75, 3.05) is 12.4 Å². The van der Waals surface area contributed by atoms with E-state index in [1.165, 1.54) is 30.9 Å². The third-order valence-electron chi connectivity index (χ3n) is 5.94. The fourth-order valence-electron chi connectivity index (χ4n) is 4.01. The van der Waals surface area contributed by atoms with Gasteiger partial charge in [0.2, 0.25) is 5.91 Å². The van der Waals surface area contributed by atoms with E-state index in [0.717, 1.165) is 44.3 Å². The molecule has 2 aliphatic heterocycles. The number of carbonyl (C=O) groups is 1. The Morgan fingerprint density at radius 1 is 1.32 bits per heavy atom. The third kappa shape index (κ3) is 5.08. The van der Waals surface area contributed by atoms with Crippen LogP contribution in [0.1, 0.15) is 31.9 Å². The van der Waals surface area contributed by atoms with E-state index in [1.54, 1.807) is 10.9 Å².